The van der Waals surface area contributed by atoms with Gasteiger partial charge in [0.2, 0.25) is 5.91 Å². The van der Waals surface area contributed by atoms with Crippen LogP contribution in [0.5, 0.6) is 0 Å². The summed E-state index contributed by atoms with van der Waals surface area (Å²) >= 11 is 0. The molecule has 1 amide bonds. The maximum absolute atomic E-state index is 13.2. The summed E-state index contributed by atoms with van der Waals surface area (Å²) in [5.74, 6) is -0.866. The molecule has 0 saturated carbocycles. The topological polar surface area (TPSA) is 155 Å². The molecule has 0 aliphatic rings. The van der Waals surface area contributed by atoms with E-state index in [1.54, 1.807) is 6.92 Å². The van der Waals surface area contributed by atoms with Crippen LogP contribution in [0.2, 0.25) is 0 Å². The molecule has 1 aromatic heterocycles. The molecule has 0 radical (unpaired) electrons. The number of rotatable bonds is 27. The molecule has 0 spiro atoms. The van der Waals surface area contributed by atoms with Crippen molar-refractivity contribution in [1.29, 1.82) is 0 Å². The number of Topliss-reactive ketones (excluding diaryl/α,β-unsaturated/α-hetero) is 2. The Labute approximate surface area is 353 Å². The first-order valence-electron chi connectivity index (χ1n) is 22.0. The van der Waals surface area contributed by atoms with Crippen LogP contribution >= 0.6 is 0 Å². The number of unbranched alkanes of at least 4 members (excludes halogenated alkanes) is 7. The minimum atomic E-state index is -0.712. The average molecular weight is 814 g/mol. The van der Waals surface area contributed by atoms with Crippen molar-refractivity contribution in [1.82, 2.24) is 10.3 Å². The molecule has 2 atom stereocenters. The number of hydrogen-bond donors (Lipinski definition) is 2. The van der Waals surface area contributed by atoms with Crippen molar-refractivity contribution >= 4 is 46.1 Å². The fraction of sp³-hybridized carbons (Fsp3) is 0.592. The maximum Gasteiger partial charge on any atom is 0.306 e. The van der Waals surface area contributed by atoms with Crippen LogP contribution in [0.25, 0.3) is 10.9 Å². The highest BCUT2D eigenvalue weighted by atomic mass is 16.6. The van der Waals surface area contributed by atoms with Gasteiger partial charge >= 0.3 is 11.9 Å². The second-order valence-electron chi connectivity index (χ2n) is 17.5. The predicted octanol–water partition coefficient (Wildman–Crippen LogP) is 9.93. The first-order valence-corrected chi connectivity index (χ1v) is 22.0. The zero-order valence-corrected chi connectivity index (χ0v) is 37.0. The van der Waals surface area contributed by atoms with E-state index in [2.05, 4.69) is 29.4 Å². The summed E-state index contributed by atoms with van der Waals surface area (Å²) < 4.78 is 10.8. The average Bonchev–Trinajstić information content (AvgIpc) is 3.17. The molecule has 1 heterocycles. The molecule has 10 nitrogen and oxygen atoms in total. The quantitative estimate of drug-likeness (QED) is 0.0565. The van der Waals surface area contributed by atoms with Crippen molar-refractivity contribution < 1.29 is 33.4 Å². The fourth-order valence-corrected chi connectivity index (χ4v) is 7.12. The Balaban J connectivity index is 1.32. The highest BCUT2D eigenvalue weighted by molar-refractivity contribution is 5.92. The van der Waals surface area contributed by atoms with Crippen molar-refractivity contribution in [3.05, 3.63) is 70.8 Å². The van der Waals surface area contributed by atoms with E-state index in [4.69, 9.17) is 15.2 Å². The molecule has 10 heteroatoms. The van der Waals surface area contributed by atoms with E-state index in [0.717, 1.165) is 73.6 Å². The number of nitrogens with zero attached hydrogens (tertiary/aromatic N) is 1. The van der Waals surface area contributed by atoms with E-state index < -0.39 is 17.6 Å². The number of esters is 2. The number of nitrogens with one attached hydrogen (secondary N) is 1. The monoisotopic (exact) mass is 814 g/mol. The van der Waals surface area contributed by atoms with Gasteiger partial charge in [0.05, 0.1) is 11.6 Å². The molecule has 0 saturated heterocycles. The van der Waals surface area contributed by atoms with Crippen LogP contribution in [-0.2, 0) is 59.3 Å². The Morgan fingerprint density at radius 1 is 0.746 bits per heavy atom. The summed E-state index contributed by atoms with van der Waals surface area (Å²) in [5, 5.41) is 4.02. The number of nitrogen functional groups attached to an aromatic ring is 1. The van der Waals surface area contributed by atoms with Crippen molar-refractivity contribution in [2.45, 2.75) is 176 Å². The summed E-state index contributed by atoms with van der Waals surface area (Å²) in [6.45, 7) is 13.3. The van der Waals surface area contributed by atoms with Gasteiger partial charge in [-0.05, 0) is 113 Å². The second-order valence-corrected chi connectivity index (χ2v) is 17.5. The summed E-state index contributed by atoms with van der Waals surface area (Å²) in [6.07, 6.45) is 12.5. The van der Waals surface area contributed by atoms with Crippen LogP contribution in [0.4, 0.5) is 5.82 Å². The van der Waals surface area contributed by atoms with Gasteiger partial charge in [0.1, 0.15) is 23.8 Å². The molecule has 3 N–H and O–H groups in total. The van der Waals surface area contributed by atoms with Gasteiger partial charge in [-0.3, -0.25) is 24.0 Å². The predicted molar refractivity (Wildman–Crippen MR) is 236 cm³/mol. The van der Waals surface area contributed by atoms with Gasteiger partial charge in [-0.1, -0.05) is 89.3 Å². The number of anilines is 1. The number of ketones is 2. The molecule has 0 bridgehead atoms. The number of hydrogen-bond acceptors (Lipinski definition) is 9. The molecule has 0 fully saturated rings. The van der Waals surface area contributed by atoms with Crippen LogP contribution in [-0.4, -0.2) is 46.0 Å². The number of ether oxygens (including phenoxy) is 2. The lowest BCUT2D eigenvalue weighted by Gasteiger charge is -2.22. The van der Waals surface area contributed by atoms with E-state index in [-0.39, 0.29) is 54.8 Å². The van der Waals surface area contributed by atoms with E-state index in [1.165, 1.54) is 23.8 Å². The fourth-order valence-electron chi connectivity index (χ4n) is 7.12. The third-order valence-electron chi connectivity index (χ3n) is 10.7. The van der Waals surface area contributed by atoms with E-state index in [0.29, 0.717) is 37.9 Å². The molecule has 0 unspecified atom stereocenters. The molecule has 0 aliphatic heterocycles. The van der Waals surface area contributed by atoms with Gasteiger partial charge < -0.3 is 20.5 Å². The van der Waals surface area contributed by atoms with Crippen LogP contribution in [0, 0.1) is 11.8 Å². The molecular weight excluding hydrogens is 743 g/mol. The highest BCUT2D eigenvalue weighted by Gasteiger charge is 2.27. The Kier molecular flexibility index (Phi) is 20.8. The van der Waals surface area contributed by atoms with Crippen molar-refractivity contribution in [3.8, 4) is 0 Å². The van der Waals surface area contributed by atoms with Gasteiger partial charge in [0.15, 0.2) is 5.78 Å². The molecule has 3 aromatic rings. The summed E-state index contributed by atoms with van der Waals surface area (Å²) in [4.78, 5) is 68.0. The Bertz CT molecular complexity index is 1810. The standard InChI is InChI=1S/C49H71N3O7/c1-8-9-13-20-39-31-42-38(21-18-23-43(42)52-47(39)50)19-14-10-11-16-24-45(55)58-33-37-28-26-36(27-29-37)30-44(54)35(4)51-48(57)41(34(2)3)32-40(53)22-15-12-17-25-46(56)59-49(5,6)7/h18,21,23,26-29,31,34-35,41H,8-17,19-20,22,24-25,30,32-33H2,1-7H3,(H2,50,52)(H,51,57)/t35-,41-/m0/s1. The summed E-state index contributed by atoms with van der Waals surface area (Å²) in [5.41, 5.74) is 10.8. The van der Waals surface area contributed by atoms with Gasteiger partial charge in [-0.15, -0.1) is 0 Å². The van der Waals surface area contributed by atoms with Crippen LogP contribution in [0.3, 0.4) is 0 Å². The van der Waals surface area contributed by atoms with Crippen molar-refractivity contribution in [2.75, 3.05) is 5.73 Å². The van der Waals surface area contributed by atoms with Gasteiger partial charge in [-0.2, -0.15) is 0 Å². The Hall–Kier alpha value is -4.60. The Morgan fingerprint density at radius 2 is 1.36 bits per heavy atom. The van der Waals surface area contributed by atoms with Gasteiger partial charge in [-0.25, -0.2) is 4.98 Å². The smallest absolute Gasteiger partial charge is 0.306 e. The van der Waals surface area contributed by atoms with E-state index in [9.17, 15) is 24.0 Å². The zero-order chi connectivity index (χ0) is 43.4. The van der Waals surface area contributed by atoms with Crippen molar-refractivity contribution in [2.24, 2.45) is 11.8 Å². The number of amides is 1. The second kappa shape index (κ2) is 25.1. The minimum Gasteiger partial charge on any atom is -0.461 e. The first-order chi connectivity index (χ1) is 28.1. The largest absolute Gasteiger partial charge is 0.461 e. The van der Waals surface area contributed by atoms with Gasteiger partial charge in [0, 0.05) is 43.4 Å². The number of aromatic nitrogens is 1. The number of carbonyl (C=O) groups is 5. The van der Waals surface area contributed by atoms with E-state index in [1.807, 2.05) is 71.0 Å². The third kappa shape index (κ3) is 18.5. The van der Waals surface area contributed by atoms with Gasteiger partial charge in [0.25, 0.3) is 0 Å². The van der Waals surface area contributed by atoms with Crippen molar-refractivity contribution in [3.63, 3.8) is 0 Å². The van der Waals surface area contributed by atoms with Crippen LogP contribution in [0.1, 0.15) is 161 Å². The SMILES string of the molecule is CCCCCc1cc2c(CCCCCCC(=O)OCc3ccc(CC(=O)[C@H](C)NC(=O)[C@@H](CC(=O)CCCCCC(=O)OC(C)(C)C)C(C)C)cc3)cccc2nc1N. The molecule has 0 aliphatic carbocycles. The van der Waals surface area contributed by atoms with E-state index >= 15 is 0 Å². The lowest BCUT2D eigenvalue weighted by atomic mass is 9.88. The Morgan fingerprint density at radius 3 is 2.03 bits per heavy atom. The minimum absolute atomic E-state index is 0.000809. The molecular formula is C49H71N3O7. The van der Waals surface area contributed by atoms with Crippen LogP contribution in [0.15, 0.2) is 48.5 Å². The molecule has 3 rings (SSSR count). The number of carbonyl (C=O) groups excluding carboxylic acids is 5. The summed E-state index contributed by atoms with van der Waals surface area (Å²) in [7, 11) is 0. The lowest BCUT2D eigenvalue weighted by Crippen LogP contribution is -2.44. The van der Waals surface area contributed by atoms with Crippen LogP contribution < -0.4 is 11.1 Å². The number of pyridine rings is 1. The number of aryl methyl sites for hydroxylation is 2. The zero-order valence-electron chi connectivity index (χ0n) is 37.0. The maximum atomic E-state index is 13.2. The number of nitrogens with two attached hydrogens (primary N) is 1. The number of benzene rings is 2. The lowest BCUT2D eigenvalue weighted by molar-refractivity contribution is -0.155. The molecule has 324 valence electrons. The number of fused-ring (bicyclic) bond motifs is 1. The third-order valence-corrected chi connectivity index (χ3v) is 10.7. The molecule has 59 heavy (non-hydrogen) atoms. The molecule has 2 aromatic carbocycles. The summed E-state index contributed by atoms with van der Waals surface area (Å²) in [6, 6.07) is 15.1. The highest BCUT2D eigenvalue weighted by Crippen LogP contribution is 2.25. The normalized spacial score (nSPS) is 12.6. The first kappa shape index (κ1) is 48.8.